The van der Waals surface area contributed by atoms with Crippen LogP contribution in [0.4, 0.5) is 0 Å². The molecule has 4 heterocycles. The highest BCUT2D eigenvalue weighted by molar-refractivity contribution is 5.90. The van der Waals surface area contributed by atoms with E-state index in [1.807, 2.05) is 36.4 Å². The van der Waals surface area contributed by atoms with Crippen molar-refractivity contribution in [2.45, 2.75) is 75.5 Å². The zero-order valence-corrected chi connectivity index (χ0v) is 24.5. The number of piperidine rings is 2. The van der Waals surface area contributed by atoms with Crippen LogP contribution in [0.25, 0.3) is 0 Å². The van der Waals surface area contributed by atoms with Crippen molar-refractivity contribution in [2.24, 2.45) is 11.8 Å². The summed E-state index contributed by atoms with van der Waals surface area (Å²) in [6.45, 7) is 2.13. The lowest BCUT2D eigenvalue weighted by Crippen LogP contribution is -2.47. The Hall–Kier alpha value is -3.56. The highest BCUT2D eigenvalue weighted by Gasteiger charge is 2.44. The molecule has 0 bridgehead atoms. The van der Waals surface area contributed by atoms with Crippen molar-refractivity contribution in [3.63, 3.8) is 0 Å². The van der Waals surface area contributed by atoms with E-state index in [2.05, 4.69) is 9.80 Å². The van der Waals surface area contributed by atoms with Crippen LogP contribution in [0.2, 0.25) is 0 Å². The summed E-state index contributed by atoms with van der Waals surface area (Å²) >= 11 is 0. The van der Waals surface area contributed by atoms with Crippen LogP contribution in [-0.4, -0.2) is 84.1 Å². The van der Waals surface area contributed by atoms with Crippen molar-refractivity contribution >= 4 is 23.9 Å². The molecule has 228 valence electrons. The molecule has 2 aromatic carbocycles. The molecule has 0 N–H and O–H groups in total. The number of carbonyl (C=O) groups is 4. The molecule has 9 nitrogen and oxygen atoms in total. The molecule has 6 atom stereocenters. The highest BCUT2D eigenvalue weighted by Crippen LogP contribution is 2.37. The Labute approximate surface area is 252 Å². The average Bonchev–Trinajstić information content (AvgIpc) is 3.66. The average molecular weight is 589 g/mol. The van der Waals surface area contributed by atoms with Crippen LogP contribution in [0.1, 0.15) is 72.1 Å². The van der Waals surface area contributed by atoms with Gasteiger partial charge in [-0.2, -0.15) is 0 Å². The van der Waals surface area contributed by atoms with Crippen molar-refractivity contribution in [2.75, 3.05) is 26.3 Å². The van der Waals surface area contributed by atoms with Gasteiger partial charge in [0.1, 0.15) is 13.2 Å². The van der Waals surface area contributed by atoms with Gasteiger partial charge >= 0.3 is 23.9 Å². The molecule has 0 aromatic heterocycles. The van der Waals surface area contributed by atoms with Crippen LogP contribution in [0.5, 0.6) is 0 Å². The van der Waals surface area contributed by atoms with E-state index in [0.29, 0.717) is 50.0 Å². The molecule has 0 radical (unpaired) electrons. The summed E-state index contributed by atoms with van der Waals surface area (Å²) in [7, 11) is 0. The van der Waals surface area contributed by atoms with Crippen LogP contribution in [0, 0.1) is 11.8 Å². The molecule has 4 fully saturated rings. The van der Waals surface area contributed by atoms with Gasteiger partial charge in [0, 0.05) is 24.2 Å². The van der Waals surface area contributed by atoms with Gasteiger partial charge in [0.05, 0.1) is 23.0 Å². The molecule has 4 aliphatic heterocycles. The first-order valence-corrected chi connectivity index (χ1v) is 15.7. The van der Waals surface area contributed by atoms with Crippen molar-refractivity contribution in [1.29, 1.82) is 0 Å². The molecule has 0 spiro atoms. The van der Waals surface area contributed by atoms with Crippen LogP contribution >= 0.6 is 0 Å². The Kier molecular flexibility index (Phi) is 9.19. The number of hydrogen-bond acceptors (Lipinski definition) is 9. The number of hydrogen-bond donors (Lipinski definition) is 0. The molecule has 0 aliphatic carbocycles. The van der Waals surface area contributed by atoms with Gasteiger partial charge in [-0.05, 0) is 88.7 Å². The maximum atomic E-state index is 13.0. The minimum atomic E-state index is -0.400. The molecular weight excluding hydrogens is 548 g/mol. The lowest BCUT2D eigenvalue weighted by molar-refractivity contribution is -0.168. The Balaban J connectivity index is 0.924. The van der Waals surface area contributed by atoms with Crippen LogP contribution in [0.15, 0.2) is 60.7 Å². The number of ether oxygens (including phenoxy) is 3. The molecule has 4 aliphatic rings. The van der Waals surface area contributed by atoms with Gasteiger partial charge < -0.3 is 14.2 Å². The first kappa shape index (κ1) is 29.5. The fourth-order valence-corrected chi connectivity index (χ4v) is 7.48. The van der Waals surface area contributed by atoms with Crippen molar-refractivity contribution in [3.05, 3.63) is 71.8 Å². The van der Waals surface area contributed by atoms with E-state index in [1.165, 1.54) is 0 Å². The second kappa shape index (κ2) is 13.4. The summed E-state index contributed by atoms with van der Waals surface area (Å²) < 4.78 is 16.7. The maximum absolute atomic E-state index is 13.0. The van der Waals surface area contributed by atoms with Gasteiger partial charge in [-0.1, -0.05) is 36.4 Å². The number of esters is 4. The summed E-state index contributed by atoms with van der Waals surface area (Å²) in [4.78, 5) is 55.5. The summed E-state index contributed by atoms with van der Waals surface area (Å²) in [5.41, 5.74) is 1.09. The topological polar surface area (TPSA) is 102 Å². The van der Waals surface area contributed by atoms with E-state index in [4.69, 9.17) is 14.2 Å². The standard InChI is InChI=1S/C34H40N2O7/c37-31(23-7-3-1-4-8-23)41-21-29-13-11-27-19-25(15-17-35(27)29)33(39)43-34(40)26-16-18-36-28(20-26)12-14-30(36)22-42-32(38)24-9-5-2-6-10-24/h1-10,25-30H,11-22H2/t25?,26?,27?,28?,29-,30-/m0/s1. The predicted octanol–water partition coefficient (Wildman–Crippen LogP) is 4.26. The second-order valence-corrected chi connectivity index (χ2v) is 12.4. The normalized spacial score (nSPS) is 28.8. The number of benzene rings is 2. The SMILES string of the molecule is O=C(OC[C@@H]1CCC2CC(C(=O)OC(=O)C3CCN4C(CC[C@H]4COC(=O)c4ccccc4)C3)CCN21)c1ccccc1. The molecule has 0 saturated carbocycles. The van der Waals surface area contributed by atoms with Gasteiger partial charge in [0.15, 0.2) is 0 Å². The molecule has 2 aromatic rings. The molecule has 4 saturated heterocycles. The first-order valence-electron chi connectivity index (χ1n) is 15.7. The number of fused-ring (bicyclic) bond motifs is 2. The molecule has 4 unspecified atom stereocenters. The van der Waals surface area contributed by atoms with Gasteiger partial charge in [-0.25, -0.2) is 9.59 Å². The van der Waals surface area contributed by atoms with E-state index in [9.17, 15) is 19.2 Å². The Morgan fingerprint density at radius 3 is 1.42 bits per heavy atom. The van der Waals surface area contributed by atoms with E-state index in [1.54, 1.807) is 24.3 Å². The molecule has 0 amide bonds. The zero-order chi connectivity index (χ0) is 29.8. The quantitative estimate of drug-likeness (QED) is 0.254. The maximum Gasteiger partial charge on any atom is 0.338 e. The van der Waals surface area contributed by atoms with E-state index >= 15 is 0 Å². The van der Waals surface area contributed by atoms with E-state index in [0.717, 1.165) is 38.8 Å². The third-order valence-electron chi connectivity index (χ3n) is 9.83. The number of rotatable bonds is 8. The summed E-state index contributed by atoms with van der Waals surface area (Å²) in [6.07, 6.45) is 6.31. The molecule has 6 rings (SSSR count). The monoisotopic (exact) mass is 588 g/mol. The minimum absolute atomic E-state index is 0.151. The van der Waals surface area contributed by atoms with Gasteiger partial charge in [0.25, 0.3) is 0 Å². The summed E-state index contributed by atoms with van der Waals surface area (Å²) in [6, 6.07) is 18.8. The largest absolute Gasteiger partial charge is 0.460 e. The lowest BCUT2D eigenvalue weighted by atomic mass is 9.90. The van der Waals surface area contributed by atoms with Crippen LogP contribution < -0.4 is 0 Å². The minimum Gasteiger partial charge on any atom is -0.460 e. The molecule has 9 heteroatoms. The van der Waals surface area contributed by atoms with Crippen LogP contribution in [-0.2, 0) is 23.8 Å². The Morgan fingerprint density at radius 1 is 0.581 bits per heavy atom. The number of nitrogens with zero attached hydrogens (tertiary/aromatic N) is 2. The van der Waals surface area contributed by atoms with Gasteiger partial charge in [-0.15, -0.1) is 0 Å². The number of carbonyl (C=O) groups excluding carboxylic acids is 4. The van der Waals surface area contributed by atoms with E-state index in [-0.39, 0.29) is 47.9 Å². The first-order chi connectivity index (χ1) is 21.0. The third kappa shape index (κ3) is 6.83. The van der Waals surface area contributed by atoms with Crippen molar-refractivity contribution in [3.8, 4) is 0 Å². The Morgan fingerprint density at radius 2 is 1.00 bits per heavy atom. The van der Waals surface area contributed by atoms with Crippen LogP contribution in [0.3, 0.4) is 0 Å². The van der Waals surface area contributed by atoms with Crippen molar-refractivity contribution < 1.29 is 33.4 Å². The highest BCUT2D eigenvalue weighted by atomic mass is 16.6. The molecular formula is C34H40N2O7. The third-order valence-corrected chi connectivity index (χ3v) is 9.83. The van der Waals surface area contributed by atoms with Gasteiger partial charge in [-0.3, -0.25) is 19.4 Å². The predicted molar refractivity (Wildman–Crippen MR) is 157 cm³/mol. The van der Waals surface area contributed by atoms with Gasteiger partial charge in [0.2, 0.25) is 0 Å². The fraction of sp³-hybridized carbons (Fsp3) is 0.529. The second-order valence-electron chi connectivity index (χ2n) is 12.4. The fourth-order valence-electron chi connectivity index (χ4n) is 7.48. The summed E-state index contributed by atoms with van der Waals surface area (Å²) in [5, 5.41) is 0. The molecule has 43 heavy (non-hydrogen) atoms. The van der Waals surface area contributed by atoms with E-state index < -0.39 is 11.9 Å². The van der Waals surface area contributed by atoms with Crippen molar-refractivity contribution in [1.82, 2.24) is 9.80 Å². The zero-order valence-electron chi connectivity index (χ0n) is 24.5. The lowest BCUT2D eigenvalue weighted by Gasteiger charge is -2.38. The smallest absolute Gasteiger partial charge is 0.338 e. The summed E-state index contributed by atoms with van der Waals surface area (Å²) in [5.74, 6) is -2.00. The Bertz CT molecular complexity index is 1200.